The minimum atomic E-state index is -1.36. The summed E-state index contributed by atoms with van der Waals surface area (Å²) in [4.78, 5) is 47.7. The third-order valence-electron chi connectivity index (χ3n) is 20.6. The van der Waals surface area contributed by atoms with Gasteiger partial charge in [-0.15, -0.1) is 5.10 Å². The number of fused-ring (bicyclic) bond motifs is 6. The van der Waals surface area contributed by atoms with Gasteiger partial charge in [-0.3, -0.25) is 19.4 Å². The molecule has 0 aliphatic carbocycles. The summed E-state index contributed by atoms with van der Waals surface area (Å²) in [6.45, 7) is 10.8. The Morgan fingerprint density at radius 1 is 0.504 bits per heavy atom. The van der Waals surface area contributed by atoms with Crippen LogP contribution in [0, 0.1) is 0 Å². The number of amides is 3. The first-order valence-electron chi connectivity index (χ1n) is 44.8. The second-order valence-corrected chi connectivity index (χ2v) is 33.8. The number of nitrogens with two attached hydrogens (primary N) is 2. The number of aliphatic imine (C=N–C) groups is 1. The number of aliphatic hydroxyl groups is 6. The quantitative estimate of drug-likeness (QED) is 0.0102. The number of ether oxygens (including phenoxy) is 25. The Bertz CT molecular complexity index is 3430. The molecule has 8 heterocycles. The van der Waals surface area contributed by atoms with Crippen molar-refractivity contribution in [3.63, 3.8) is 0 Å². The zero-order valence-corrected chi connectivity index (χ0v) is 76.7. The Kier molecular flexibility index (Phi) is 56.7. The fourth-order valence-corrected chi connectivity index (χ4v) is 15.5. The number of aliphatic hydroxyl groups excluding tert-OH is 6. The minimum Gasteiger partial charge on any atom is -0.399 e. The molecule has 2 aromatic heterocycles. The van der Waals surface area contributed by atoms with E-state index in [0.717, 1.165) is 5.03 Å². The van der Waals surface area contributed by atoms with E-state index < -0.39 is 77.8 Å². The van der Waals surface area contributed by atoms with E-state index >= 15 is 0 Å². The molecule has 0 saturated carbocycles. The van der Waals surface area contributed by atoms with E-state index in [4.69, 9.17) is 130 Å². The van der Waals surface area contributed by atoms with E-state index in [0.29, 0.717) is 214 Å². The molecule has 0 spiro atoms. The van der Waals surface area contributed by atoms with Crippen LogP contribution in [0.3, 0.4) is 0 Å². The third-order valence-corrected chi connectivity index (χ3v) is 22.9. The normalized spacial score (nSPS) is 24.1. The molecule has 1 unspecified atom stereocenters. The molecule has 8 rings (SSSR count). The lowest BCUT2D eigenvalue weighted by atomic mass is 9.91. The number of unbranched alkanes of at least 4 members (excludes halogenated alkanes) is 2. The second-order valence-electron chi connectivity index (χ2n) is 31.3. The number of carbonyl (C=O) groups excluding carboxylic acids is 3. The van der Waals surface area contributed by atoms with Crippen molar-refractivity contribution in [1.82, 2.24) is 41.2 Å². The Labute approximate surface area is 772 Å². The molecule has 0 radical (unpaired) electrons. The maximum Gasteiger partial charge on any atom is 0.222 e. The standard InChI is InChI=1S/C83H142N12O34S2/c84-64(49-86-12-17-106-22-27-111-33-36-115-39-42-118-58-81-61-124-74(127-81)46-67(96)77(81)102)52-121-55-80(56-122-53-65(92-85)50-87-13-18-107-23-28-112-34-37-116-40-43-119-59-82-62-125-75(128-82)47-68(97)78(82)103,57-123-54-66-51-95(94-93-66)15-20-109-25-30-114-35-38-117-41-44-120-60-83-63-126-76(129-83)48-69(98)79(83)104)91-72(101)6-2-1-4-10-88-70(99)8-16-105-21-26-110-31-32-113-29-24-108-19-14-89-71(100)9-45-130-131-73-7-3-5-11-90-73/h3,5,7,11,49-51,67-69,74-79,86,96-98,102-104H,1-2,4,6,8-10,12-48,52-63,84-85H2,(H,88,99)(H,89,100)(H,91,101)/b64-49-,87-50?,92-65?/t67-,68-,69-,74+,75+,76+,77-,78-,79-,80?,81+,82+,83+/m1/s1. The molecule has 46 nitrogen and oxygen atoms in total. The minimum absolute atomic E-state index is 0.0306. The fourth-order valence-electron chi connectivity index (χ4n) is 13.6. The molecule has 14 N–H and O–H groups in total. The van der Waals surface area contributed by atoms with Crippen LogP contribution in [-0.2, 0) is 146 Å². The molecular weight excluding hydrogens is 1770 g/mol. The van der Waals surface area contributed by atoms with Crippen LogP contribution < -0.4 is 32.8 Å². The van der Waals surface area contributed by atoms with Gasteiger partial charge in [-0.05, 0) is 35.8 Å². The summed E-state index contributed by atoms with van der Waals surface area (Å²) >= 11 is 0. The zero-order valence-electron chi connectivity index (χ0n) is 75.1. The van der Waals surface area contributed by atoms with Gasteiger partial charge in [-0.2, -0.15) is 5.10 Å². The monoisotopic (exact) mass is 1910 g/mol. The topological polar surface area (TPSA) is 572 Å². The van der Waals surface area contributed by atoms with E-state index in [1.54, 1.807) is 44.9 Å². The van der Waals surface area contributed by atoms with Gasteiger partial charge in [-0.25, -0.2) is 9.67 Å². The van der Waals surface area contributed by atoms with Gasteiger partial charge in [0.15, 0.2) is 18.9 Å². The van der Waals surface area contributed by atoms with Gasteiger partial charge in [0.25, 0.3) is 0 Å². The molecule has 0 aromatic carbocycles. The van der Waals surface area contributed by atoms with Gasteiger partial charge >= 0.3 is 0 Å². The van der Waals surface area contributed by atoms with Crippen LogP contribution >= 0.6 is 21.6 Å². The summed E-state index contributed by atoms with van der Waals surface area (Å²) in [6, 6.07) is 5.72. The van der Waals surface area contributed by atoms with Gasteiger partial charge in [-0.1, -0.05) is 28.5 Å². The van der Waals surface area contributed by atoms with Crippen LogP contribution in [0.25, 0.3) is 0 Å². The van der Waals surface area contributed by atoms with Crippen LogP contribution in [0.5, 0.6) is 0 Å². The average Bonchev–Trinajstić information content (AvgIpc) is 1.64. The summed E-state index contributed by atoms with van der Waals surface area (Å²) in [6.07, 6.45) is 1.66. The highest BCUT2D eigenvalue weighted by Crippen LogP contribution is 2.40. The number of nitrogens with zero attached hydrogens (tertiary/aromatic N) is 6. The molecule has 6 fully saturated rings. The van der Waals surface area contributed by atoms with Gasteiger partial charge in [0.05, 0.1) is 314 Å². The number of rotatable bonds is 83. The highest BCUT2D eigenvalue weighted by atomic mass is 33.1. The largest absolute Gasteiger partial charge is 0.399 e. The first-order chi connectivity index (χ1) is 64.0. The molecule has 131 heavy (non-hydrogen) atoms. The van der Waals surface area contributed by atoms with Crippen molar-refractivity contribution in [2.24, 2.45) is 21.7 Å². The molecule has 13 atom stereocenters. The van der Waals surface area contributed by atoms with Gasteiger partial charge < -0.3 is 182 Å². The number of hydrazone groups is 1. The molecule has 2 aromatic rings. The molecular formula is C83H142N12O34S2. The Balaban J connectivity index is 0.732. The predicted octanol–water partition coefficient (Wildman–Crippen LogP) is -3.16. The lowest BCUT2D eigenvalue weighted by Gasteiger charge is -2.38. The highest BCUT2D eigenvalue weighted by Gasteiger charge is 2.57. The Hall–Kier alpha value is -5.36. The lowest BCUT2D eigenvalue weighted by Crippen LogP contribution is -2.58. The van der Waals surface area contributed by atoms with Crippen molar-refractivity contribution >= 4 is 51.2 Å². The Morgan fingerprint density at radius 2 is 0.954 bits per heavy atom. The predicted molar refractivity (Wildman–Crippen MR) is 467 cm³/mol. The van der Waals surface area contributed by atoms with Gasteiger partial charge in [0.2, 0.25) is 17.7 Å². The van der Waals surface area contributed by atoms with Crippen LogP contribution in [0.1, 0.15) is 63.5 Å². The van der Waals surface area contributed by atoms with Crippen molar-refractivity contribution in [2.45, 2.75) is 154 Å². The van der Waals surface area contributed by atoms with Crippen molar-refractivity contribution in [1.29, 1.82) is 0 Å². The summed E-state index contributed by atoms with van der Waals surface area (Å²) in [5.74, 6) is 6.00. The van der Waals surface area contributed by atoms with Crippen molar-refractivity contribution in [3.05, 3.63) is 48.2 Å². The summed E-state index contributed by atoms with van der Waals surface area (Å²) in [7, 11) is 3.12. The summed E-state index contributed by atoms with van der Waals surface area (Å²) in [5, 5.41) is 87.2. The van der Waals surface area contributed by atoms with Crippen LogP contribution in [-0.4, -0.2) is 454 Å². The smallest absolute Gasteiger partial charge is 0.222 e. The van der Waals surface area contributed by atoms with E-state index in [2.05, 4.69) is 46.7 Å². The second kappa shape index (κ2) is 67.0. The van der Waals surface area contributed by atoms with Crippen LogP contribution in [0.15, 0.2) is 57.6 Å². The van der Waals surface area contributed by atoms with Crippen molar-refractivity contribution in [3.8, 4) is 0 Å². The number of pyridine rings is 1. The number of nitrogens with one attached hydrogen (secondary N) is 4. The average molecular weight is 1920 g/mol. The maximum atomic E-state index is 14.2. The summed E-state index contributed by atoms with van der Waals surface area (Å²) < 4.78 is 145. The third kappa shape index (κ3) is 45.2. The van der Waals surface area contributed by atoms with Crippen molar-refractivity contribution < 1.29 is 163 Å². The highest BCUT2D eigenvalue weighted by molar-refractivity contribution is 8.76. The Morgan fingerprint density at radius 3 is 1.46 bits per heavy atom. The zero-order chi connectivity index (χ0) is 92.8. The molecule has 48 heteroatoms. The molecule has 750 valence electrons. The van der Waals surface area contributed by atoms with E-state index in [1.165, 1.54) is 6.21 Å². The van der Waals surface area contributed by atoms with Crippen LogP contribution in [0.2, 0.25) is 0 Å². The van der Waals surface area contributed by atoms with Crippen molar-refractivity contribution in [2.75, 3.05) is 296 Å². The van der Waals surface area contributed by atoms with Gasteiger partial charge in [0, 0.05) is 82.5 Å². The van der Waals surface area contributed by atoms with E-state index in [9.17, 15) is 45.0 Å². The fraction of sp³-hybridized carbons (Fsp3) is 0.831. The van der Waals surface area contributed by atoms with Crippen LogP contribution in [0.4, 0.5) is 0 Å². The SMILES string of the molecule is NN=C(C=NCCOCCOCCOCCOC[C@]12CO[C@H](C[C@@H](O)[C@H]1O)O2)COCC(COC/C(N)=C/NCCOCCOCCOCCOC[C@]12CO[C@H](C[C@@H](O)[C@H]1O)O2)(COCc1cn(CCOCCOCCOCCOC[C@]23CO[C@H](C[C@@H](O)[C@H]2O)O3)nn1)NC(=O)CCCCCNC(=O)CCOCCOCCOCCOCCNC(=O)CCSSc1ccccn1. The molecule has 6 bridgehead atoms. The summed E-state index contributed by atoms with van der Waals surface area (Å²) in [5.41, 5.74) is 2.91. The number of aromatic nitrogens is 4. The molecule has 6 aliphatic heterocycles. The van der Waals surface area contributed by atoms with Gasteiger partial charge in [0.1, 0.15) is 57.1 Å². The molecule has 6 aliphatic rings. The van der Waals surface area contributed by atoms with E-state index in [1.807, 2.05) is 18.2 Å². The first-order valence-corrected chi connectivity index (χ1v) is 47.1. The maximum absolute atomic E-state index is 14.2. The molecule has 3 amide bonds. The lowest BCUT2D eigenvalue weighted by molar-refractivity contribution is -0.225. The number of hydrogen-bond acceptors (Lipinski definition) is 44. The number of hydrogen-bond donors (Lipinski definition) is 12. The molecule has 6 saturated heterocycles. The first kappa shape index (κ1) is 111. The van der Waals surface area contributed by atoms with E-state index in [-0.39, 0.29) is 188 Å². The number of carbonyl (C=O) groups is 3.